The number of rotatable bonds is 4. The standard InChI is InChI=1S/C25H27N3O3/c1-17(2)5-6-18-7-9-20(10-8-18)25-21-14-27(15-24(31)28(21)22(25)16-29)23(30)12-19-4-3-11-26-13-19/h3-4,7-11,13,17,21-22,25,29H,12,14-16H2,1-2H3/t21-,22+,25+/m0/s1. The molecule has 31 heavy (non-hydrogen) atoms. The Morgan fingerprint density at radius 1 is 1.26 bits per heavy atom. The molecular formula is C25H27N3O3. The van der Waals surface area contributed by atoms with E-state index >= 15 is 0 Å². The number of carbonyl (C=O) groups excluding carboxylic acids is 2. The fraction of sp³-hybridized carbons (Fsp3) is 0.400. The highest BCUT2D eigenvalue weighted by molar-refractivity contribution is 5.88. The first kappa shape index (κ1) is 21.1. The second-order valence-electron chi connectivity index (χ2n) is 8.50. The molecule has 2 aromatic rings. The fourth-order valence-corrected chi connectivity index (χ4v) is 4.49. The summed E-state index contributed by atoms with van der Waals surface area (Å²) in [6, 6.07) is 11.3. The molecule has 2 aliphatic rings. The van der Waals surface area contributed by atoms with Crippen LogP contribution in [0.2, 0.25) is 0 Å². The number of nitrogens with zero attached hydrogens (tertiary/aromatic N) is 3. The van der Waals surface area contributed by atoms with Gasteiger partial charge in [0.1, 0.15) is 0 Å². The number of aliphatic hydroxyl groups is 1. The van der Waals surface area contributed by atoms with Gasteiger partial charge in [0.25, 0.3) is 0 Å². The van der Waals surface area contributed by atoms with Crippen LogP contribution in [0.5, 0.6) is 0 Å². The van der Waals surface area contributed by atoms with Gasteiger partial charge in [-0.2, -0.15) is 0 Å². The minimum absolute atomic E-state index is 0.00458. The smallest absolute Gasteiger partial charge is 0.242 e. The lowest BCUT2D eigenvalue weighted by atomic mass is 9.73. The molecule has 3 heterocycles. The summed E-state index contributed by atoms with van der Waals surface area (Å²) < 4.78 is 0. The summed E-state index contributed by atoms with van der Waals surface area (Å²) in [5, 5.41) is 9.94. The highest BCUT2D eigenvalue weighted by Gasteiger charge is 2.54. The average molecular weight is 418 g/mol. The molecular weight excluding hydrogens is 390 g/mol. The molecule has 4 rings (SSSR count). The molecule has 6 heteroatoms. The van der Waals surface area contributed by atoms with Crippen LogP contribution in [0.4, 0.5) is 0 Å². The zero-order chi connectivity index (χ0) is 22.0. The monoisotopic (exact) mass is 417 g/mol. The number of hydrogen-bond donors (Lipinski definition) is 1. The first-order chi connectivity index (χ1) is 15.0. The summed E-state index contributed by atoms with van der Waals surface area (Å²) in [4.78, 5) is 33.0. The Hall–Kier alpha value is -3.17. The number of aliphatic hydroxyl groups excluding tert-OH is 1. The zero-order valence-corrected chi connectivity index (χ0v) is 17.9. The van der Waals surface area contributed by atoms with E-state index in [2.05, 4.69) is 30.7 Å². The second-order valence-corrected chi connectivity index (χ2v) is 8.50. The SMILES string of the molecule is CC(C)C#Cc1ccc([C@H]2[C@@H](CO)N3C(=O)CN(C(=O)Cc4cccnc4)C[C@@H]23)cc1. The van der Waals surface area contributed by atoms with Gasteiger partial charge in [-0.25, -0.2) is 0 Å². The van der Waals surface area contributed by atoms with Gasteiger partial charge in [-0.15, -0.1) is 0 Å². The number of carbonyl (C=O) groups is 2. The van der Waals surface area contributed by atoms with Crippen LogP contribution < -0.4 is 0 Å². The topological polar surface area (TPSA) is 73.7 Å². The van der Waals surface area contributed by atoms with Gasteiger partial charge in [0, 0.05) is 36.3 Å². The third-order valence-electron chi connectivity index (χ3n) is 5.98. The summed E-state index contributed by atoms with van der Waals surface area (Å²) in [6.45, 7) is 4.55. The molecule has 6 nitrogen and oxygen atoms in total. The van der Waals surface area contributed by atoms with Gasteiger partial charge in [-0.1, -0.05) is 43.9 Å². The molecule has 0 bridgehead atoms. The first-order valence-electron chi connectivity index (χ1n) is 10.7. The molecule has 1 aromatic heterocycles. The first-order valence-corrected chi connectivity index (χ1v) is 10.7. The molecule has 160 valence electrons. The minimum atomic E-state index is -0.249. The quantitative estimate of drug-likeness (QED) is 0.771. The molecule has 2 amide bonds. The van der Waals surface area contributed by atoms with Crippen LogP contribution in [0.3, 0.4) is 0 Å². The number of pyridine rings is 1. The van der Waals surface area contributed by atoms with E-state index < -0.39 is 0 Å². The van der Waals surface area contributed by atoms with Crippen molar-refractivity contribution < 1.29 is 14.7 Å². The predicted octanol–water partition coefficient (Wildman–Crippen LogP) is 1.83. The Morgan fingerprint density at radius 3 is 2.68 bits per heavy atom. The van der Waals surface area contributed by atoms with Gasteiger partial charge in [-0.05, 0) is 29.3 Å². The largest absolute Gasteiger partial charge is 0.394 e. The summed E-state index contributed by atoms with van der Waals surface area (Å²) in [7, 11) is 0. The maximum absolute atomic E-state index is 12.8. The van der Waals surface area contributed by atoms with Gasteiger partial charge in [0.05, 0.1) is 31.7 Å². The Balaban J connectivity index is 1.50. The molecule has 0 radical (unpaired) electrons. The molecule has 0 spiro atoms. The van der Waals surface area contributed by atoms with Gasteiger partial charge in [-0.3, -0.25) is 14.6 Å². The van der Waals surface area contributed by atoms with Crippen molar-refractivity contribution in [1.82, 2.24) is 14.8 Å². The fourth-order valence-electron chi connectivity index (χ4n) is 4.49. The molecule has 3 atom stereocenters. The number of fused-ring (bicyclic) bond motifs is 1. The predicted molar refractivity (Wildman–Crippen MR) is 117 cm³/mol. The van der Waals surface area contributed by atoms with Crippen LogP contribution in [0.25, 0.3) is 0 Å². The van der Waals surface area contributed by atoms with Crippen molar-refractivity contribution in [3.05, 3.63) is 65.5 Å². The summed E-state index contributed by atoms with van der Waals surface area (Å²) >= 11 is 0. The van der Waals surface area contributed by atoms with Gasteiger partial charge in [0.15, 0.2) is 0 Å². The van der Waals surface area contributed by atoms with Crippen molar-refractivity contribution in [3.63, 3.8) is 0 Å². The van der Waals surface area contributed by atoms with Crippen LogP contribution in [0.1, 0.15) is 36.5 Å². The molecule has 1 aromatic carbocycles. The molecule has 1 N–H and O–H groups in total. The maximum atomic E-state index is 12.8. The van der Waals surface area contributed by atoms with Crippen molar-refractivity contribution in [2.24, 2.45) is 5.92 Å². The van der Waals surface area contributed by atoms with E-state index in [0.29, 0.717) is 12.5 Å². The minimum Gasteiger partial charge on any atom is -0.394 e. The van der Waals surface area contributed by atoms with Crippen LogP contribution in [0, 0.1) is 17.8 Å². The number of benzene rings is 1. The Bertz CT molecular complexity index is 1010. The lowest BCUT2D eigenvalue weighted by Gasteiger charge is -2.58. The van der Waals surface area contributed by atoms with E-state index in [0.717, 1.165) is 16.7 Å². The molecule has 0 saturated carbocycles. The van der Waals surface area contributed by atoms with E-state index in [1.54, 1.807) is 28.3 Å². The van der Waals surface area contributed by atoms with Crippen molar-refractivity contribution in [2.45, 2.75) is 38.3 Å². The number of amides is 2. The van der Waals surface area contributed by atoms with Crippen LogP contribution >= 0.6 is 0 Å². The highest BCUT2D eigenvalue weighted by atomic mass is 16.3. The van der Waals surface area contributed by atoms with E-state index in [4.69, 9.17) is 0 Å². The van der Waals surface area contributed by atoms with E-state index in [-0.39, 0.29) is 49.4 Å². The van der Waals surface area contributed by atoms with Gasteiger partial charge >= 0.3 is 0 Å². The van der Waals surface area contributed by atoms with Crippen molar-refractivity contribution in [1.29, 1.82) is 0 Å². The van der Waals surface area contributed by atoms with Crippen molar-refractivity contribution in [3.8, 4) is 11.8 Å². The normalized spacial score (nSPS) is 22.5. The molecule has 2 fully saturated rings. The lowest BCUT2D eigenvalue weighted by Crippen LogP contribution is -2.73. The molecule has 0 aliphatic carbocycles. The summed E-state index contributed by atoms with van der Waals surface area (Å²) in [6.07, 6.45) is 3.57. The highest BCUT2D eigenvalue weighted by Crippen LogP contribution is 2.42. The van der Waals surface area contributed by atoms with Crippen molar-refractivity contribution in [2.75, 3.05) is 19.7 Å². The van der Waals surface area contributed by atoms with Gasteiger partial charge < -0.3 is 14.9 Å². The van der Waals surface area contributed by atoms with E-state index in [9.17, 15) is 14.7 Å². The van der Waals surface area contributed by atoms with E-state index in [1.165, 1.54) is 0 Å². The maximum Gasteiger partial charge on any atom is 0.242 e. The third-order valence-corrected chi connectivity index (χ3v) is 5.98. The van der Waals surface area contributed by atoms with Crippen LogP contribution in [0.15, 0.2) is 48.8 Å². The Kier molecular flexibility index (Phi) is 6.06. The number of aromatic nitrogens is 1. The molecule has 0 unspecified atom stereocenters. The summed E-state index contributed by atoms with van der Waals surface area (Å²) in [5.74, 6) is 6.43. The number of piperazine rings is 1. The van der Waals surface area contributed by atoms with Gasteiger partial charge in [0.2, 0.25) is 11.8 Å². The van der Waals surface area contributed by atoms with Crippen molar-refractivity contribution >= 4 is 11.8 Å². The second kappa shape index (κ2) is 8.91. The molecule has 2 aliphatic heterocycles. The lowest BCUT2D eigenvalue weighted by molar-refractivity contribution is -0.166. The van der Waals surface area contributed by atoms with Crippen LogP contribution in [-0.4, -0.2) is 63.5 Å². The Morgan fingerprint density at radius 2 is 2.03 bits per heavy atom. The Labute approximate surface area is 182 Å². The average Bonchev–Trinajstić information content (AvgIpc) is 2.75. The summed E-state index contributed by atoms with van der Waals surface area (Å²) in [5.41, 5.74) is 2.84. The molecule has 2 saturated heterocycles. The number of hydrogen-bond acceptors (Lipinski definition) is 4. The zero-order valence-electron chi connectivity index (χ0n) is 17.9. The van der Waals surface area contributed by atoms with E-state index in [1.807, 2.05) is 30.3 Å². The van der Waals surface area contributed by atoms with Crippen LogP contribution in [-0.2, 0) is 16.0 Å². The third kappa shape index (κ3) is 4.33.